The normalized spacial score (nSPS) is 14.6. The molecule has 25 heavy (non-hydrogen) atoms. The summed E-state index contributed by atoms with van der Waals surface area (Å²) in [4.78, 5) is 2.30. The Balaban J connectivity index is 1.67. The van der Waals surface area contributed by atoms with Crippen molar-refractivity contribution < 1.29 is 9.84 Å². The van der Waals surface area contributed by atoms with Gasteiger partial charge in [0.25, 0.3) is 0 Å². The van der Waals surface area contributed by atoms with E-state index in [0.29, 0.717) is 4.77 Å². The fourth-order valence-corrected chi connectivity index (χ4v) is 3.44. The van der Waals surface area contributed by atoms with E-state index in [-0.39, 0.29) is 5.88 Å². The molecule has 0 unspecified atom stereocenters. The van der Waals surface area contributed by atoms with Crippen molar-refractivity contribution in [3.8, 4) is 17.3 Å². The van der Waals surface area contributed by atoms with Crippen LogP contribution in [0.2, 0.25) is 0 Å². The summed E-state index contributed by atoms with van der Waals surface area (Å²) < 4.78 is 9.41. The number of benzene rings is 2. The lowest BCUT2D eigenvalue weighted by molar-refractivity contribution is 0.122. The topological polar surface area (TPSA) is 42.6 Å². The van der Waals surface area contributed by atoms with Crippen molar-refractivity contribution in [1.82, 2.24) is 9.13 Å². The molecule has 5 nitrogen and oxygen atoms in total. The van der Waals surface area contributed by atoms with Crippen molar-refractivity contribution in [2.45, 2.75) is 0 Å². The Morgan fingerprint density at radius 1 is 0.840 bits per heavy atom. The second kappa shape index (κ2) is 6.74. The number of aromatic nitrogens is 2. The van der Waals surface area contributed by atoms with E-state index in [1.54, 1.807) is 10.8 Å². The molecular weight excluding hydrogens is 334 g/mol. The van der Waals surface area contributed by atoms with E-state index < -0.39 is 0 Å². The second-order valence-electron chi connectivity index (χ2n) is 5.93. The molecule has 2 heterocycles. The lowest BCUT2D eigenvalue weighted by Gasteiger charge is -2.28. The van der Waals surface area contributed by atoms with Crippen molar-refractivity contribution in [1.29, 1.82) is 0 Å². The smallest absolute Gasteiger partial charge is 0.215 e. The minimum Gasteiger partial charge on any atom is -0.493 e. The first-order chi connectivity index (χ1) is 12.2. The van der Waals surface area contributed by atoms with Crippen LogP contribution in [0.3, 0.4) is 0 Å². The Kier molecular flexibility index (Phi) is 4.29. The molecule has 1 fully saturated rings. The number of nitrogens with zero attached hydrogens (tertiary/aromatic N) is 3. The number of para-hydroxylation sites is 1. The number of anilines is 1. The summed E-state index contributed by atoms with van der Waals surface area (Å²) in [6, 6.07) is 17.8. The van der Waals surface area contributed by atoms with Crippen LogP contribution in [0.25, 0.3) is 11.4 Å². The highest BCUT2D eigenvalue weighted by atomic mass is 32.1. The fourth-order valence-electron chi connectivity index (χ4n) is 3.08. The van der Waals surface area contributed by atoms with E-state index in [9.17, 15) is 5.11 Å². The van der Waals surface area contributed by atoms with Gasteiger partial charge < -0.3 is 14.7 Å². The van der Waals surface area contributed by atoms with Gasteiger partial charge in [0.15, 0.2) is 4.77 Å². The summed E-state index contributed by atoms with van der Waals surface area (Å²) in [6.45, 7) is 3.34. The Morgan fingerprint density at radius 3 is 2.16 bits per heavy atom. The lowest BCUT2D eigenvalue weighted by Crippen LogP contribution is -2.36. The highest BCUT2D eigenvalue weighted by Crippen LogP contribution is 2.24. The average Bonchev–Trinajstić information content (AvgIpc) is 2.97. The van der Waals surface area contributed by atoms with Gasteiger partial charge in [0.1, 0.15) is 0 Å². The second-order valence-corrected chi connectivity index (χ2v) is 6.29. The number of imidazole rings is 1. The predicted octanol–water partition coefficient (Wildman–Crippen LogP) is 3.54. The highest BCUT2D eigenvalue weighted by molar-refractivity contribution is 7.71. The van der Waals surface area contributed by atoms with Crippen molar-refractivity contribution in [2.75, 3.05) is 31.2 Å². The van der Waals surface area contributed by atoms with Crippen molar-refractivity contribution in [3.63, 3.8) is 0 Å². The maximum atomic E-state index is 10.3. The summed E-state index contributed by atoms with van der Waals surface area (Å²) in [6.07, 6.45) is 1.65. The molecule has 0 bridgehead atoms. The van der Waals surface area contributed by atoms with Crippen LogP contribution in [0, 0.1) is 4.77 Å². The number of rotatable bonds is 3. The van der Waals surface area contributed by atoms with Crippen molar-refractivity contribution in [2.24, 2.45) is 0 Å². The van der Waals surface area contributed by atoms with Crippen LogP contribution in [0.4, 0.5) is 5.69 Å². The van der Waals surface area contributed by atoms with Crippen LogP contribution in [-0.2, 0) is 4.74 Å². The zero-order valence-corrected chi connectivity index (χ0v) is 14.5. The van der Waals surface area contributed by atoms with Crippen LogP contribution >= 0.6 is 12.2 Å². The van der Waals surface area contributed by atoms with E-state index >= 15 is 0 Å². The molecule has 4 rings (SSSR count). The van der Waals surface area contributed by atoms with Gasteiger partial charge in [0.05, 0.1) is 25.1 Å². The molecule has 6 heteroatoms. The van der Waals surface area contributed by atoms with E-state index in [1.165, 1.54) is 5.69 Å². The Hall–Kier alpha value is -2.57. The maximum absolute atomic E-state index is 10.3. The SMILES string of the molecule is Oc1cn(-c2ccc(N3CCOCC3)cc2)c(=S)n1-c1ccccc1. The maximum Gasteiger partial charge on any atom is 0.215 e. The number of aromatic hydroxyl groups is 1. The van der Waals surface area contributed by atoms with Crippen molar-refractivity contribution in [3.05, 3.63) is 65.6 Å². The summed E-state index contributed by atoms with van der Waals surface area (Å²) in [7, 11) is 0. The molecule has 0 aliphatic carbocycles. The van der Waals surface area contributed by atoms with Crippen LogP contribution in [0.15, 0.2) is 60.8 Å². The molecule has 128 valence electrons. The van der Waals surface area contributed by atoms with Gasteiger partial charge >= 0.3 is 0 Å². The Labute approximate surface area is 151 Å². The standard InChI is InChI=1S/C19H19N3O2S/c23-18-14-21(19(25)22(18)17-4-2-1-3-5-17)16-8-6-15(7-9-16)20-10-12-24-13-11-20/h1-9,14,23H,10-13H2. The van der Waals surface area contributed by atoms with Crippen LogP contribution in [0.1, 0.15) is 0 Å². The van der Waals surface area contributed by atoms with Crippen LogP contribution < -0.4 is 4.90 Å². The molecule has 1 aromatic heterocycles. The monoisotopic (exact) mass is 353 g/mol. The summed E-state index contributed by atoms with van der Waals surface area (Å²) >= 11 is 5.57. The van der Waals surface area contributed by atoms with Crippen molar-refractivity contribution >= 4 is 17.9 Å². The third-order valence-corrected chi connectivity index (χ3v) is 4.77. The number of ether oxygens (including phenoxy) is 1. The number of hydrogen-bond donors (Lipinski definition) is 1. The van der Waals surface area contributed by atoms with Gasteiger partial charge in [-0.3, -0.25) is 9.13 Å². The molecule has 1 saturated heterocycles. The predicted molar refractivity (Wildman–Crippen MR) is 101 cm³/mol. The zero-order valence-electron chi connectivity index (χ0n) is 13.7. The average molecular weight is 353 g/mol. The quantitative estimate of drug-likeness (QED) is 0.732. The van der Waals surface area contributed by atoms with E-state index in [0.717, 1.165) is 37.7 Å². The van der Waals surface area contributed by atoms with Gasteiger partial charge in [-0.15, -0.1) is 0 Å². The summed E-state index contributed by atoms with van der Waals surface area (Å²) in [5.41, 5.74) is 2.94. The van der Waals surface area contributed by atoms with E-state index in [1.807, 2.05) is 47.0 Å². The van der Waals surface area contributed by atoms with E-state index in [4.69, 9.17) is 17.0 Å². The number of morpholine rings is 1. The van der Waals surface area contributed by atoms with Gasteiger partial charge in [0, 0.05) is 24.5 Å². The van der Waals surface area contributed by atoms with Gasteiger partial charge in [0.2, 0.25) is 5.88 Å². The zero-order chi connectivity index (χ0) is 17.2. The molecule has 0 saturated carbocycles. The molecule has 2 aromatic carbocycles. The molecule has 1 aliphatic rings. The molecule has 1 N–H and O–H groups in total. The molecular formula is C19H19N3O2S. The van der Waals surface area contributed by atoms with E-state index in [2.05, 4.69) is 17.0 Å². The summed E-state index contributed by atoms with van der Waals surface area (Å²) in [5.74, 6) is 0.119. The Bertz CT molecular complexity index is 910. The van der Waals surface area contributed by atoms with Crippen LogP contribution in [-0.4, -0.2) is 40.5 Å². The van der Waals surface area contributed by atoms with Gasteiger partial charge in [-0.25, -0.2) is 0 Å². The van der Waals surface area contributed by atoms with Crippen LogP contribution in [0.5, 0.6) is 5.88 Å². The lowest BCUT2D eigenvalue weighted by atomic mass is 10.2. The minimum atomic E-state index is 0.119. The first-order valence-electron chi connectivity index (χ1n) is 8.26. The first-order valence-corrected chi connectivity index (χ1v) is 8.67. The third kappa shape index (κ3) is 3.06. The highest BCUT2D eigenvalue weighted by Gasteiger charge is 2.13. The molecule has 0 atom stereocenters. The minimum absolute atomic E-state index is 0.119. The first kappa shape index (κ1) is 15.9. The van der Waals surface area contributed by atoms with Gasteiger partial charge in [-0.05, 0) is 48.6 Å². The molecule has 0 radical (unpaired) electrons. The molecule has 0 amide bonds. The third-order valence-electron chi connectivity index (χ3n) is 4.39. The summed E-state index contributed by atoms with van der Waals surface area (Å²) in [5, 5.41) is 10.3. The fraction of sp³-hybridized carbons (Fsp3) is 0.211. The molecule has 1 aliphatic heterocycles. The van der Waals surface area contributed by atoms with Gasteiger partial charge in [-0.1, -0.05) is 18.2 Å². The number of hydrogen-bond acceptors (Lipinski definition) is 4. The largest absolute Gasteiger partial charge is 0.493 e. The molecule has 3 aromatic rings. The van der Waals surface area contributed by atoms with Gasteiger partial charge in [-0.2, -0.15) is 0 Å². The Morgan fingerprint density at radius 2 is 1.48 bits per heavy atom. The molecule has 0 spiro atoms.